The zero-order valence-electron chi connectivity index (χ0n) is 11.2. The molecule has 0 radical (unpaired) electrons. The Hall–Kier alpha value is -2.63. The first kappa shape index (κ1) is 13.8. The van der Waals surface area contributed by atoms with E-state index in [2.05, 4.69) is 5.32 Å². The van der Waals surface area contributed by atoms with Gasteiger partial charge in [0.1, 0.15) is 12.0 Å². The number of phenolic OH excluding ortho intramolecular Hbond substituents is 1. The van der Waals surface area contributed by atoms with Gasteiger partial charge in [0.15, 0.2) is 5.76 Å². The number of hydrogen-bond acceptors (Lipinski definition) is 5. The first-order valence-corrected chi connectivity index (χ1v) is 6.20. The van der Waals surface area contributed by atoms with Crippen molar-refractivity contribution in [2.24, 2.45) is 0 Å². The van der Waals surface area contributed by atoms with Gasteiger partial charge in [-0.05, 0) is 18.2 Å². The molecule has 106 valence electrons. The van der Waals surface area contributed by atoms with E-state index < -0.39 is 0 Å². The smallest absolute Gasteiger partial charge is 0.216 e. The molecule has 6 nitrogen and oxygen atoms in total. The van der Waals surface area contributed by atoms with Crippen molar-refractivity contribution >= 4 is 17.4 Å². The predicted octanol–water partition coefficient (Wildman–Crippen LogP) is 1.21. The predicted molar refractivity (Wildman–Crippen MR) is 76.1 cm³/mol. The van der Waals surface area contributed by atoms with Gasteiger partial charge >= 0.3 is 0 Å². The monoisotopic (exact) mass is 275 g/mol. The summed E-state index contributed by atoms with van der Waals surface area (Å²) in [5, 5.41) is 12.2. The van der Waals surface area contributed by atoms with Crippen molar-refractivity contribution in [1.82, 2.24) is 10.2 Å². The molecule has 1 aromatic carbocycles. The van der Waals surface area contributed by atoms with Crippen LogP contribution in [0.5, 0.6) is 5.75 Å². The second kappa shape index (κ2) is 6.01. The lowest BCUT2D eigenvalue weighted by atomic mass is 10.1. The standard InChI is InChI=1S/C14H17N3O3/c1-10(18)16-4-5-17-6-7-20-14(9-17)12-8-11(19)2-3-13(12)15/h2-3,6-9,19H,4-5,15H2,1H3,(H,16,18). The molecule has 0 aliphatic carbocycles. The normalized spacial score (nSPS) is 13.7. The lowest BCUT2D eigenvalue weighted by molar-refractivity contribution is -0.118. The SMILES string of the molecule is CC(=O)NCCN1C=COC(c2cc(O)ccc2N)=C1. The van der Waals surface area contributed by atoms with Gasteiger partial charge in [-0.25, -0.2) is 0 Å². The van der Waals surface area contributed by atoms with Crippen LogP contribution in [0.3, 0.4) is 0 Å². The number of nitrogens with two attached hydrogens (primary N) is 1. The van der Waals surface area contributed by atoms with E-state index in [1.807, 2.05) is 4.90 Å². The van der Waals surface area contributed by atoms with Crippen LogP contribution in [0.25, 0.3) is 5.76 Å². The maximum absolute atomic E-state index is 10.8. The summed E-state index contributed by atoms with van der Waals surface area (Å²) in [5.74, 6) is 0.602. The van der Waals surface area contributed by atoms with Crippen LogP contribution in [0, 0.1) is 0 Å². The van der Waals surface area contributed by atoms with Crippen LogP contribution in [-0.4, -0.2) is 29.0 Å². The first-order valence-electron chi connectivity index (χ1n) is 6.20. The first-order chi connectivity index (χ1) is 9.56. The zero-order chi connectivity index (χ0) is 14.5. The molecule has 1 heterocycles. The molecule has 1 amide bonds. The van der Waals surface area contributed by atoms with Crippen molar-refractivity contribution in [3.05, 3.63) is 42.4 Å². The molecule has 0 saturated heterocycles. The third-order valence-electron chi connectivity index (χ3n) is 2.78. The largest absolute Gasteiger partial charge is 0.508 e. The highest BCUT2D eigenvalue weighted by molar-refractivity contribution is 5.73. The number of carbonyl (C=O) groups excluding carboxylic acids is 1. The van der Waals surface area contributed by atoms with E-state index in [0.717, 1.165) is 0 Å². The number of amides is 1. The Kier molecular flexibility index (Phi) is 4.14. The molecule has 0 fully saturated rings. The summed E-state index contributed by atoms with van der Waals surface area (Å²) in [7, 11) is 0. The van der Waals surface area contributed by atoms with E-state index in [0.29, 0.717) is 30.1 Å². The summed E-state index contributed by atoms with van der Waals surface area (Å²) in [6, 6.07) is 4.69. The van der Waals surface area contributed by atoms with E-state index >= 15 is 0 Å². The molecule has 0 unspecified atom stereocenters. The second-order valence-electron chi connectivity index (χ2n) is 4.39. The summed E-state index contributed by atoms with van der Waals surface area (Å²) >= 11 is 0. The summed E-state index contributed by atoms with van der Waals surface area (Å²) in [6.45, 7) is 2.62. The highest BCUT2D eigenvalue weighted by Crippen LogP contribution is 2.28. The van der Waals surface area contributed by atoms with E-state index in [1.165, 1.54) is 19.3 Å². The zero-order valence-corrected chi connectivity index (χ0v) is 11.2. The van der Waals surface area contributed by atoms with Crippen LogP contribution >= 0.6 is 0 Å². The van der Waals surface area contributed by atoms with Gasteiger partial charge in [-0.1, -0.05) is 0 Å². The van der Waals surface area contributed by atoms with Crippen LogP contribution < -0.4 is 11.1 Å². The van der Waals surface area contributed by atoms with Crippen LogP contribution in [0.15, 0.2) is 36.9 Å². The molecule has 6 heteroatoms. The Bertz CT molecular complexity index is 567. The van der Waals surface area contributed by atoms with Gasteiger partial charge in [-0.2, -0.15) is 0 Å². The van der Waals surface area contributed by atoms with Crippen molar-refractivity contribution in [3.63, 3.8) is 0 Å². The average molecular weight is 275 g/mol. The molecular formula is C14H17N3O3. The van der Waals surface area contributed by atoms with Crippen molar-refractivity contribution in [2.75, 3.05) is 18.8 Å². The van der Waals surface area contributed by atoms with Gasteiger partial charge in [-0.3, -0.25) is 4.79 Å². The third kappa shape index (κ3) is 3.44. The fourth-order valence-corrected chi connectivity index (χ4v) is 1.80. The summed E-state index contributed by atoms with van der Waals surface area (Å²) in [4.78, 5) is 12.7. The number of benzene rings is 1. The van der Waals surface area contributed by atoms with Gasteiger partial charge in [0.2, 0.25) is 5.91 Å². The summed E-state index contributed by atoms with van der Waals surface area (Å²) in [5.41, 5.74) is 7.02. The summed E-state index contributed by atoms with van der Waals surface area (Å²) < 4.78 is 5.42. The highest BCUT2D eigenvalue weighted by atomic mass is 16.5. The number of nitrogens with zero attached hydrogens (tertiary/aromatic N) is 1. The van der Waals surface area contributed by atoms with Gasteiger partial charge < -0.3 is 25.8 Å². The van der Waals surface area contributed by atoms with Crippen LogP contribution in [0.2, 0.25) is 0 Å². The lowest BCUT2D eigenvalue weighted by Gasteiger charge is -2.22. The molecular weight excluding hydrogens is 258 g/mol. The molecule has 0 spiro atoms. The number of anilines is 1. The number of nitrogens with one attached hydrogen (secondary N) is 1. The molecule has 1 aromatic rings. The number of nitrogen functional groups attached to an aromatic ring is 1. The average Bonchev–Trinajstić information content (AvgIpc) is 2.41. The van der Waals surface area contributed by atoms with Crippen LogP contribution in [-0.2, 0) is 9.53 Å². The molecule has 2 rings (SSSR count). The fourth-order valence-electron chi connectivity index (χ4n) is 1.80. The number of rotatable bonds is 4. The number of phenols is 1. The lowest BCUT2D eigenvalue weighted by Crippen LogP contribution is -2.29. The van der Waals surface area contributed by atoms with E-state index in [-0.39, 0.29) is 11.7 Å². The van der Waals surface area contributed by atoms with Crippen molar-refractivity contribution in [3.8, 4) is 5.75 Å². The minimum atomic E-state index is -0.0660. The van der Waals surface area contributed by atoms with Gasteiger partial charge in [0, 0.05) is 43.7 Å². The van der Waals surface area contributed by atoms with Crippen LogP contribution in [0.1, 0.15) is 12.5 Å². The minimum absolute atomic E-state index is 0.0660. The Morgan fingerprint density at radius 1 is 1.50 bits per heavy atom. The minimum Gasteiger partial charge on any atom is -0.508 e. The van der Waals surface area contributed by atoms with Crippen molar-refractivity contribution < 1.29 is 14.6 Å². The van der Waals surface area contributed by atoms with Crippen LogP contribution in [0.4, 0.5) is 5.69 Å². The third-order valence-corrected chi connectivity index (χ3v) is 2.78. The van der Waals surface area contributed by atoms with E-state index in [4.69, 9.17) is 10.5 Å². The number of aromatic hydroxyl groups is 1. The van der Waals surface area contributed by atoms with E-state index in [1.54, 1.807) is 24.5 Å². The molecule has 1 aliphatic rings. The van der Waals surface area contributed by atoms with Gasteiger partial charge in [0.05, 0.1) is 0 Å². The Morgan fingerprint density at radius 2 is 2.30 bits per heavy atom. The molecule has 4 N–H and O–H groups in total. The number of carbonyl (C=O) groups is 1. The molecule has 0 bridgehead atoms. The Balaban J connectivity index is 2.10. The Labute approximate surface area is 117 Å². The maximum Gasteiger partial charge on any atom is 0.216 e. The molecule has 0 aromatic heterocycles. The fraction of sp³-hybridized carbons (Fsp3) is 0.214. The van der Waals surface area contributed by atoms with Gasteiger partial charge in [-0.15, -0.1) is 0 Å². The number of ether oxygens (including phenoxy) is 1. The second-order valence-corrected chi connectivity index (χ2v) is 4.39. The number of hydrogen-bond donors (Lipinski definition) is 3. The van der Waals surface area contributed by atoms with Crippen molar-refractivity contribution in [2.45, 2.75) is 6.92 Å². The topological polar surface area (TPSA) is 87.8 Å². The molecule has 1 aliphatic heterocycles. The van der Waals surface area contributed by atoms with Gasteiger partial charge in [0.25, 0.3) is 0 Å². The molecule has 0 atom stereocenters. The quantitative estimate of drug-likeness (QED) is 0.568. The Morgan fingerprint density at radius 3 is 3.05 bits per heavy atom. The maximum atomic E-state index is 10.8. The summed E-state index contributed by atoms with van der Waals surface area (Å²) in [6.07, 6.45) is 5.06. The highest BCUT2D eigenvalue weighted by Gasteiger charge is 2.12. The van der Waals surface area contributed by atoms with E-state index in [9.17, 15) is 9.90 Å². The molecule has 0 saturated carbocycles. The molecule has 20 heavy (non-hydrogen) atoms. The van der Waals surface area contributed by atoms with Crippen molar-refractivity contribution in [1.29, 1.82) is 0 Å².